The van der Waals surface area contributed by atoms with Crippen molar-refractivity contribution in [1.82, 2.24) is 10.3 Å². The Bertz CT molecular complexity index is 847. The number of aliphatic hydroxyl groups is 1. The molecular weight excluding hydrogens is 336 g/mol. The van der Waals surface area contributed by atoms with Crippen LogP contribution in [-0.4, -0.2) is 29.8 Å². The van der Waals surface area contributed by atoms with Gasteiger partial charge < -0.3 is 20.1 Å². The van der Waals surface area contributed by atoms with E-state index in [1.807, 2.05) is 30.5 Å². The average molecular weight is 359 g/mol. The molecule has 0 radical (unpaired) electrons. The summed E-state index contributed by atoms with van der Waals surface area (Å²) >= 11 is 5.98. The zero-order valence-electron chi connectivity index (χ0n) is 14.4. The normalized spacial score (nSPS) is 13.8. The number of benzene rings is 2. The van der Waals surface area contributed by atoms with Crippen molar-refractivity contribution in [1.29, 1.82) is 0 Å². The lowest BCUT2D eigenvalue weighted by Gasteiger charge is -2.17. The molecule has 0 saturated heterocycles. The number of nitrogens with one attached hydrogen (secondary N) is 2. The summed E-state index contributed by atoms with van der Waals surface area (Å²) in [7, 11) is 1.68. The lowest BCUT2D eigenvalue weighted by atomic mass is 10.0. The fraction of sp³-hybridized carbons (Fsp3) is 0.300. The molecule has 0 bridgehead atoms. The highest BCUT2D eigenvalue weighted by atomic mass is 35.5. The Morgan fingerprint density at radius 2 is 2.04 bits per heavy atom. The zero-order chi connectivity index (χ0) is 17.8. The van der Waals surface area contributed by atoms with Gasteiger partial charge >= 0.3 is 0 Å². The molecule has 1 heterocycles. The molecule has 0 spiro atoms. The predicted molar refractivity (Wildman–Crippen MR) is 102 cm³/mol. The van der Waals surface area contributed by atoms with Crippen LogP contribution in [-0.2, 0) is 6.42 Å². The number of methoxy groups -OCH3 is 1. The number of aliphatic hydroxyl groups excluding tert-OH is 1. The van der Waals surface area contributed by atoms with Gasteiger partial charge in [0.15, 0.2) is 0 Å². The zero-order valence-corrected chi connectivity index (χ0v) is 15.2. The molecule has 0 amide bonds. The van der Waals surface area contributed by atoms with Crippen molar-refractivity contribution in [3.05, 3.63) is 64.8 Å². The summed E-state index contributed by atoms with van der Waals surface area (Å²) in [5.74, 6) is 0.848. The molecule has 132 valence electrons. The van der Waals surface area contributed by atoms with Gasteiger partial charge in [-0.05, 0) is 42.7 Å². The summed E-state index contributed by atoms with van der Waals surface area (Å²) in [6.07, 6.45) is 2.30. The molecule has 2 atom stereocenters. The van der Waals surface area contributed by atoms with Crippen LogP contribution < -0.4 is 10.1 Å². The van der Waals surface area contributed by atoms with Crippen LogP contribution in [0, 0.1) is 0 Å². The van der Waals surface area contributed by atoms with E-state index in [0.717, 1.165) is 23.3 Å². The lowest BCUT2D eigenvalue weighted by Crippen LogP contribution is -2.32. The van der Waals surface area contributed by atoms with E-state index in [0.29, 0.717) is 11.6 Å². The van der Waals surface area contributed by atoms with Gasteiger partial charge in [-0.3, -0.25) is 0 Å². The molecule has 3 N–H and O–H groups in total. The van der Waals surface area contributed by atoms with Gasteiger partial charge in [0.2, 0.25) is 0 Å². The molecule has 2 aromatic carbocycles. The van der Waals surface area contributed by atoms with Crippen LogP contribution in [0.15, 0.2) is 48.7 Å². The van der Waals surface area contributed by atoms with Gasteiger partial charge in [-0.2, -0.15) is 0 Å². The Morgan fingerprint density at radius 3 is 2.80 bits per heavy atom. The second-order valence-electron chi connectivity index (χ2n) is 6.28. The number of hydrogen-bond donors (Lipinski definition) is 3. The Kier molecular flexibility index (Phi) is 5.63. The van der Waals surface area contributed by atoms with Crippen LogP contribution >= 0.6 is 11.6 Å². The largest absolute Gasteiger partial charge is 0.495 e. The van der Waals surface area contributed by atoms with Gasteiger partial charge in [-0.15, -0.1) is 0 Å². The molecule has 3 rings (SSSR count). The number of para-hydroxylation sites is 1. The summed E-state index contributed by atoms with van der Waals surface area (Å²) in [6.45, 7) is 2.59. The SMILES string of the molecule is COc1cccc2c(CC(C)NCC(O)c3cccc(Cl)c3)c[nH]c12. The molecule has 0 aliphatic heterocycles. The first-order chi connectivity index (χ1) is 12.1. The molecule has 0 aliphatic rings. The second-order valence-corrected chi connectivity index (χ2v) is 6.72. The number of rotatable bonds is 7. The molecule has 4 nitrogen and oxygen atoms in total. The van der Waals surface area contributed by atoms with Crippen LogP contribution in [0.2, 0.25) is 5.02 Å². The van der Waals surface area contributed by atoms with Crippen LogP contribution in [0.4, 0.5) is 0 Å². The third-order valence-electron chi connectivity index (χ3n) is 4.40. The number of hydrogen-bond acceptors (Lipinski definition) is 3. The van der Waals surface area contributed by atoms with E-state index in [-0.39, 0.29) is 6.04 Å². The monoisotopic (exact) mass is 358 g/mol. The van der Waals surface area contributed by atoms with Crippen LogP contribution in [0.3, 0.4) is 0 Å². The molecule has 0 saturated carbocycles. The van der Waals surface area contributed by atoms with Gasteiger partial charge in [0, 0.05) is 29.2 Å². The highest BCUT2D eigenvalue weighted by molar-refractivity contribution is 6.30. The number of halogens is 1. The van der Waals surface area contributed by atoms with Crippen molar-refractivity contribution >= 4 is 22.5 Å². The van der Waals surface area contributed by atoms with Gasteiger partial charge in [0.05, 0.1) is 18.7 Å². The average Bonchev–Trinajstić information content (AvgIpc) is 3.02. The van der Waals surface area contributed by atoms with Crippen LogP contribution in [0.25, 0.3) is 10.9 Å². The first-order valence-corrected chi connectivity index (χ1v) is 8.76. The van der Waals surface area contributed by atoms with E-state index in [9.17, 15) is 5.11 Å². The minimum Gasteiger partial charge on any atom is -0.495 e. The molecule has 0 aliphatic carbocycles. The first kappa shape index (κ1) is 17.8. The standard InChI is InChI=1S/C20H23ClN2O2/c1-13(22-12-18(24)14-5-3-6-16(21)10-14)9-15-11-23-20-17(15)7-4-8-19(20)25-2/h3-8,10-11,13,18,22-24H,9,12H2,1-2H3. The van der Waals surface area contributed by atoms with E-state index in [2.05, 4.69) is 23.3 Å². The van der Waals surface area contributed by atoms with E-state index >= 15 is 0 Å². The van der Waals surface area contributed by atoms with Gasteiger partial charge in [0.1, 0.15) is 5.75 Å². The molecule has 3 aromatic rings. The summed E-state index contributed by atoms with van der Waals surface area (Å²) in [5.41, 5.74) is 3.07. The van der Waals surface area contributed by atoms with Gasteiger partial charge in [0.25, 0.3) is 0 Å². The molecule has 0 fully saturated rings. The van der Waals surface area contributed by atoms with Crippen molar-refractivity contribution in [2.45, 2.75) is 25.5 Å². The third-order valence-corrected chi connectivity index (χ3v) is 4.64. The number of aromatic amines is 1. The number of aromatic nitrogens is 1. The predicted octanol–water partition coefficient (Wildman–Crippen LogP) is 4.08. The summed E-state index contributed by atoms with van der Waals surface area (Å²) in [5, 5.41) is 15.5. The van der Waals surface area contributed by atoms with Crippen molar-refractivity contribution in [2.75, 3.05) is 13.7 Å². The quantitative estimate of drug-likeness (QED) is 0.596. The lowest BCUT2D eigenvalue weighted by molar-refractivity contribution is 0.170. The Labute approximate surface area is 152 Å². The van der Waals surface area contributed by atoms with E-state index in [1.165, 1.54) is 10.9 Å². The third kappa shape index (κ3) is 4.15. The minimum atomic E-state index is -0.579. The maximum Gasteiger partial charge on any atom is 0.142 e. The molecule has 25 heavy (non-hydrogen) atoms. The molecule has 2 unspecified atom stereocenters. The van der Waals surface area contributed by atoms with E-state index < -0.39 is 6.10 Å². The van der Waals surface area contributed by atoms with Crippen LogP contribution in [0.5, 0.6) is 5.75 Å². The number of ether oxygens (including phenoxy) is 1. The fourth-order valence-electron chi connectivity index (χ4n) is 3.07. The molecule has 1 aromatic heterocycles. The Balaban J connectivity index is 1.62. The van der Waals surface area contributed by atoms with E-state index in [4.69, 9.17) is 16.3 Å². The van der Waals surface area contributed by atoms with Gasteiger partial charge in [-0.1, -0.05) is 35.9 Å². The Morgan fingerprint density at radius 1 is 1.24 bits per heavy atom. The smallest absolute Gasteiger partial charge is 0.142 e. The molecular formula is C20H23ClN2O2. The van der Waals surface area contributed by atoms with Crippen molar-refractivity contribution in [3.63, 3.8) is 0 Å². The highest BCUT2D eigenvalue weighted by Crippen LogP contribution is 2.27. The maximum absolute atomic E-state index is 10.3. The summed E-state index contributed by atoms with van der Waals surface area (Å²) in [6, 6.07) is 13.6. The Hall–Kier alpha value is -2.01. The van der Waals surface area contributed by atoms with Crippen molar-refractivity contribution < 1.29 is 9.84 Å². The molecule has 5 heteroatoms. The van der Waals surface area contributed by atoms with Crippen molar-refractivity contribution in [2.24, 2.45) is 0 Å². The first-order valence-electron chi connectivity index (χ1n) is 8.38. The fourth-order valence-corrected chi connectivity index (χ4v) is 3.27. The highest BCUT2D eigenvalue weighted by Gasteiger charge is 2.13. The van der Waals surface area contributed by atoms with Crippen molar-refractivity contribution in [3.8, 4) is 5.75 Å². The number of fused-ring (bicyclic) bond motifs is 1. The van der Waals surface area contributed by atoms with Crippen LogP contribution in [0.1, 0.15) is 24.2 Å². The minimum absolute atomic E-state index is 0.221. The summed E-state index contributed by atoms with van der Waals surface area (Å²) in [4.78, 5) is 3.29. The summed E-state index contributed by atoms with van der Waals surface area (Å²) < 4.78 is 5.39. The van der Waals surface area contributed by atoms with Gasteiger partial charge in [-0.25, -0.2) is 0 Å². The van der Waals surface area contributed by atoms with E-state index in [1.54, 1.807) is 19.2 Å². The second kappa shape index (κ2) is 7.91. The topological polar surface area (TPSA) is 57.3 Å². The number of H-pyrrole nitrogens is 1. The maximum atomic E-state index is 10.3.